The van der Waals surface area contributed by atoms with Gasteiger partial charge in [0, 0.05) is 41.7 Å². The number of hydrogen-bond donors (Lipinski definition) is 1. The van der Waals surface area contributed by atoms with E-state index in [-0.39, 0.29) is 5.97 Å². The maximum Gasteiger partial charge on any atom is 0.330 e. The zero-order chi connectivity index (χ0) is 16.0. The van der Waals surface area contributed by atoms with Crippen LogP contribution in [-0.2, 0) is 16.0 Å². The molecule has 4 heteroatoms. The summed E-state index contributed by atoms with van der Waals surface area (Å²) in [6, 6.07) is 7.02. The number of likely N-dealkylation sites (tertiary alicyclic amines) is 1. The van der Waals surface area contributed by atoms with Crippen molar-refractivity contribution >= 4 is 16.9 Å². The Morgan fingerprint density at radius 1 is 1.43 bits per heavy atom. The summed E-state index contributed by atoms with van der Waals surface area (Å²) >= 11 is 0. The maximum atomic E-state index is 11.8. The van der Waals surface area contributed by atoms with E-state index in [4.69, 9.17) is 4.74 Å². The lowest BCUT2D eigenvalue weighted by molar-refractivity contribution is -0.137. The normalized spacial score (nSPS) is 25.6. The molecule has 1 N–H and O–H groups in total. The number of rotatable bonds is 2. The van der Waals surface area contributed by atoms with Crippen LogP contribution in [0.1, 0.15) is 30.4 Å². The summed E-state index contributed by atoms with van der Waals surface area (Å²) in [4.78, 5) is 17.6. The predicted octanol–water partition coefficient (Wildman–Crippen LogP) is 3.00. The van der Waals surface area contributed by atoms with Gasteiger partial charge in [-0.2, -0.15) is 0 Å². The number of fused-ring (bicyclic) bond motifs is 2. The molecule has 1 fully saturated rings. The van der Waals surface area contributed by atoms with Crippen LogP contribution in [0.5, 0.6) is 0 Å². The average molecular weight is 310 g/mol. The number of hydrogen-bond acceptors (Lipinski definition) is 3. The van der Waals surface area contributed by atoms with E-state index in [1.54, 1.807) is 6.08 Å². The number of nitrogens with zero attached hydrogens (tertiary/aromatic N) is 1. The Kier molecular flexibility index (Phi) is 3.49. The molecular weight excluding hydrogens is 288 g/mol. The molecule has 1 aromatic carbocycles. The molecule has 1 aliphatic heterocycles. The first-order valence-corrected chi connectivity index (χ1v) is 8.32. The summed E-state index contributed by atoms with van der Waals surface area (Å²) < 4.78 is 5.08. The number of benzene rings is 1. The Labute approximate surface area is 136 Å². The molecule has 2 atom stereocenters. The van der Waals surface area contributed by atoms with Gasteiger partial charge in [0.05, 0.1) is 6.61 Å². The largest absolute Gasteiger partial charge is 0.463 e. The van der Waals surface area contributed by atoms with Gasteiger partial charge >= 0.3 is 5.97 Å². The zero-order valence-electron chi connectivity index (χ0n) is 13.6. The number of likely N-dealkylation sites (N-methyl/N-ethyl adjacent to an activating group) is 1. The first-order chi connectivity index (χ1) is 11.2. The van der Waals surface area contributed by atoms with Crippen molar-refractivity contribution in [3.05, 3.63) is 47.2 Å². The fourth-order valence-corrected chi connectivity index (χ4v) is 4.28. The topological polar surface area (TPSA) is 45.3 Å². The molecule has 1 saturated heterocycles. The van der Waals surface area contributed by atoms with Gasteiger partial charge in [0.2, 0.25) is 0 Å². The van der Waals surface area contributed by atoms with E-state index in [9.17, 15) is 4.79 Å². The van der Waals surface area contributed by atoms with Crippen LogP contribution >= 0.6 is 0 Å². The van der Waals surface area contributed by atoms with Gasteiger partial charge < -0.3 is 9.72 Å². The second-order valence-corrected chi connectivity index (χ2v) is 6.64. The van der Waals surface area contributed by atoms with E-state index >= 15 is 0 Å². The van der Waals surface area contributed by atoms with Crippen molar-refractivity contribution in [3.63, 3.8) is 0 Å². The number of H-pyrrole nitrogens is 1. The van der Waals surface area contributed by atoms with Crippen LogP contribution in [0.15, 0.2) is 36.0 Å². The molecule has 0 spiro atoms. The molecule has 0 bridgehead atoms. The van der Waals surface area contributed by atoms with Crippen LogP contribution in [-0.4, -0.2) is 42.1 Å². The summed E-state index contributed by atoms with van der Waals surface area (Å²) in [6.07, 6.45) is 5.87. The lowest BCUT2D eigenvalue weighted by Crippen LogP contribution is -2.45. The van der Waals surface area contributed by atoms with Gasteiger partial charge in [-0.1, -0.05) is 12.1 Å². The van der Waals surface area contributed by atoms with Crippen LogP contribution in [0.2, 0.25) is 0 Å². The Balaban J connectivity index is 1.72. The Morgan fingerprint density at radius 2 is 2.30 bits per heavy atom. The quantitative estimate of drug-likeness (QED) is 0.685. The number of carbonyl (C=O) groups excluding carboxylic acids is 1. The van der Waals surface area contributed by atoms with E-state index in [2.05, 4.69) is 41.3 Å². The second-order valence-electron chi connectivity index (χ2n) is 6.64. The Morgan fingerprint density at radius 3 is 3.13 bits per heavy atom. The van der Waals surface area contributed by atoms with Crippen LogP contribution in [0, 0.1) is 0 Å². The highest BCUT2D eigenvalue weighted by Gasteiger charge is 2.37. The molecule has 23 heavy (non-hydrogen) atoms. The number of carbonyl (C=O) groups is 1. The third-order valence-corrected chi connectivity index (χ3v) is 5.22. The number of aromatic amines is 1. The first kappa shape index (κ1) is 14.5. The number of aromatic nitrogens is 1. The molecule has 1 unspecified atom stereocenters. The van der Waals surface area contributed by atoms with Crippen molar-refractivity contribution in [3.8, 4) is 0 Å². The first-order valence-electron chi connectivity index (χ1n) is 8.32. The summed E-state index contributed by atoms with van der Waals surface area (Å²) in [7, 11) is 2.16. The van der Waals surface area contributed by atoms with E-state index in [0.29, 0.717) is 18.6 Å². The number of nitrogens with one attached hydrogen (secondary N) is 1. The molecule has 1 aromatic heterocycles. The van der Waals surface area contributed by atoms with E-state index in [1.165, 1.54) is 27.6 Å². The summed E-state index contributed by atoms with van der Waals surface area (Å²) in [6.45, 7) is 3.11. The van der Waals surface area contributed by atoms with E-state index in [0.717, 1.165) is 19.4 Å². The van der Waals surface area contributed by atoms with Crippen LogP contribution in [0.3, 0.4) is 0 Å². The van der Waals surface area contributed by atoms with Crippen LogP contribution < -0.4 is 0 Å². The minimum absolute atomic E-state index is 0.217. The molecule has 120 valence electrons. The zero-order valence-corrected chi connectivity index (χ0v) is 13.6. The highest BCUT2D eigenvalue weighted by molar-refractivity contribution is 5.88. The molecule has 2 aliphatic rings. The highest BCUT2D eigenvalue weighted by Crippen LogP contribution is 2.44. The highest BCUT2D eigenvalue weighted by atomic mass is 16.5. The summed E-state index contributed by atoms with van der Waals surface area (Å²) in [5, 5.41) is 1.39. The van der Waals surface area contributed by atoms with Gasteiger partial charge in [0.1, 0.15) is 0 Å². The Bertz CT molecular complexity index is 790. The lowest BCUT2D eigenvalue weighted by atomic mass is 9.74. The molecular formula is C19H22N2O2. The van der Waals surface area contributed by atoms with E-state index in [1.807, 2.05) is 6.92 Å². The average Bonchev–Trinajstić information content (AvgIpc) is 2.93. The van der Waals surface area contributed by atoms with Crippen molar-refractivity contribution < 1.29 is 9.53 Å². The van der Waals surface area contributed by atoms with Crippen molar-refractivity contribution in [1.29, 1.82) is 0 Å². The van der Waals surface area contributed by atoms with Gasteiger partial charge in [0.25, 0.3) is 0 Å². The molecule has 2 heterocycles. The standard InChI is InChI=1S/C19H22N2O2/c1-3-23-18(22)8-12-7-15-14-5-4-6-16-19(14)13(10-20-16)9-17(15)21(2)11-12/h4-6,8,10,15,17,20H,3,7,9,11H2,1-2H3/t15?,17-/m1/s1. The molecule has 4 rings (SSSR count). The van der Waals surface area contributed by atoms with Crippen LogP contribution in [0.4, 0.5) is 0 Å². The van der Waals surface area contributed by atoms with Crippen molar-refractivity contribution in [2.75, 3.05) is 20.2 Å². The minimum Gasteiger partial charge on any atom is -0.463 e. The number of ether oxygens (including phenoxy) is 1. The van der Waals surface area contributed by atoms with Crippen molar-refractivity contribution in [1.82, 2.24) is 9.88 Å². The number of piperidine rings is 1. The third-order valence-electron chi connectivity index (χ3n) is 5.22. The molecule has 0 amide bonds. The lowest BCUT2D eigenvalue weighted by Gasteiger charge is -2.43. The number of esters is 1. The summed E-state index contributed by atoms with van der Waals surface area (Å²) in [5.41, 5.74) is 5.22. The molecule has 1 aliphatic carbocycles. The molecule has 0 saturated carbocycles. The van der Waals surface area contributed by atoms with Gasteiger partial charge in [-0.3, -0.25) is 4.90 Å². The minimum atomic E-state index is -0.217. The predicted molar refractivity (Wildman–Crippen MR) is 90.5 cm³/mol. The molecule has 0 radical (unpaired) electrons. The van der Waals surface area contributed by atoms with Gasteiger partial charge in [-0.05, 0) is 49.6 Å². The van der Waals surface area contributed by atoms with Crippen molar-refractivity contribution in [2.45, 2.75) is 31.7 Å². The van der Waals surface area contributed by atoms with Gasteiger partial charge in [0.15, 0.2) is 0 Å². The molecule has 4 nitrogen and oxygen atoms in total. The smallest absolute Gasteiger partial charge is 0.330 e. The van der Waals surface area contributed by atoms with Gasteiger partial charge in [-0.25, -0.2) is 4.79 Å². The molecule has 2 aromatic rings. The van der Waals surface area contributed by atoms with E-state index < -0.39 is 0 Å². The fraction of sp³-hybridized carbons (Fsp3) is 0.421. The Hall–Kier alpha value is -2.07. The second kappa shape index (κ2) is 5.53. The summed E-state index contributed by atoms with van der Waals surface area (Å²) in [5.74, 6) is 0.229. The van der Waals surface area contributed by atoms with Crippen LogP contribution in [0.25, 0.3) is 10.9 Å². The van der Waals surface area contributed by atoms with Crippen molar-refractivity contribution in [2.24, 2.45) is 0 Å². The van der Waals surface area contributed by atoms with Gasteiger partial charge in [-0.15, -0.1) is 0 Å². The SMILES string of the molecule is CCOC(=O)C=C1CC2c3cccc4[nH]cc(c34)C[C@H]2N(C)C1. The third kappa shape index (κ3) is 2.38. The monoisotopic (exact) mass is 310 g/mol. The fourth-order valence-electron chi connectivity index (χ4n) is 4.28. The maximum absolute atomic E-state index is 11.8.